The van der Waals surface area contributed by atoms with Gasteiger partial charge in [-0.1, -0.05) is 24.5 Å². The largest absolute Gasteiger partial charge is 0.492 e. The van der Waals surface area contributed by atoms with Gasteiger partial charge in [-0.2, -0.15) is 0 Å². The second-order valence-corrected chi connectivity index (χ2v) is 7.81. The molecule has 0 spiro atoms. The first-order valence-corrected chi connectivity index (χ1v) is 10.9. The van der Waals surface area contributed by atoms with E-state index in [9.17, 15) is 14.0 Å². The summed E-state index contributed by atoms with van der Waals surface area (Å²) in [6.07, 6.45) is 5.01. The standard InChI is InChI=1S/C26H24FN5O3/c1-4-21(33)30-15(2)8-9-16-14-28-12-10-17(16)23-24(22-19(31-23)11-13-29-26(22)34)32-20-7-5-6-18(27)25(20)35-3/h4-7,10,12,14-15,31-32H,1,11,13H2,2-3H3,(H,29,34)(H,30,33)/t15-/m0/s1. The van der Waals surface area contributed by atoms with E-state index in [2.05, 4.69) is 44.3 Å². The number of amides is 2. The third-order valence-electron chi connectivity index (χ3n) is 5.45. The zero-order chi connectivity index (χ0) is 24.9. The summed E-state index contributed by atoms with van der Waals surface area (Å²) in [5.74, 6) is 4.99. The number of anilines is 2. The van der Waals surface area contributed by atoms with Crippen molar-refractivity contribution in [3.8, 4) is 28.8 Å². The predicted octanol–water partition coefficient (Wildman–Crippen LogP) is 3.30. The lowest BCUT2D eigenvalue weighted by atomic mass is 10.0. The number of para-hydroxylation sites is 1. The van der Waals surface area contributed by atoms with Crippen LogP contribution in [0.1, 0.15) is 28.5 Å². The molecule has 1 aliphatic heterocycles. The first kappa shape index (κ1) is 23.6. The number of nitrogens with one attached hydrogen (secondary N) is 4. The number of nitrogens with zero attached hydrogens (tertiary/aromatic N) is 1. The summed E-state index contributed by atoms with van der Waals surface area (Å²) >= 11 is 0. The average Bonchev–Trinajstić information content (AvgIpc) is 3.22. The summed E-state index contributed by atoms with van der Waals surface area (Å²) < 4.78 is 19.6. The van der Waals surface area contributed by atoms with Crippen molar-refractivity contribution in [2.75, 3.05) is 19.0 Å². The Balaban J connectivity index is 1.83. The van der Waals surface area contributed by atoms with Crippen molar-refractivity contribution in [3.05, 3.63) is 72.0 Å². The van der Waals surface area contributed by atoms with Gasteiger partial charge in [-0.25, -0.2) is 4.39 Å². The highest BCUT2D eigenvalue weighted by molar-refractivity contribution is 6.06. The smallest absolute Gasteiger partial charge is 0.255 e. The monoisotopic (exact) mass is 473 g/mol. The summed E-state index contributed by atoms with van der Waals surface area (Å²) in [5, 5.41) is 8.75. The third-order valence-corrected chi connectivity index (χ3v) is 5.45. The summed E-state index contributed by atoms with van der Waals surface area (Å²) in [7, 11) is 1.38. The molecule has 1 aliphatic rings. The number of rotatable bonds is 6. The third kappa shape index (κ3) is 4.87. The van der Waals surface area contributed by atoms with Crippen LogP contribution in [0.3, 0.4) is 0 Å². The van der Waals surface area contributed by atoms with E-state index in [4.69, 9.17) is 4.74 Å². The number of methoxy groups -OCH3 is 1. The molecule has 0 aliphatic carbocycles. The van der Waals surface area contributed by atoms with Crippen LogP contribution in [0.25, 0.3) is 11.3 Å². The quantitative estimate of drug-likeness (QED) is 0.325. The van der Waals surface area contributed by atoms with Gasteiger partial charge in [-0.05, 0) is 31.2 Å². The Hall–Kier alpha value is -4.58. The normalized spacial score (nSPS) is 12.9. The van der Waals surface area contributed by atoms with Crippen LogP contribution in [0.4, 0.5) is 15.8 Å². The molecule has 0 saturated heterocycles. The highest BCUT2D eigenvalue weighted by atomic mass is 19.1. The zero-order valence-corrected chi connectivity index (χ0v) is 19.3. The van der Waals surface area contributed by atoms with E-state index in [0.29, 0.717) is 46.7 Å². The van der Waals surface area contributed by atoms with Crippen LogP contribution in [-0.2, 0) is 11.2 Å². The van der Waals surface area contributed by atoms with E-state index < -0.39 is 11.9 Å². The molecule has 178 valence electrons. The highest BCUT2D eigenvalue weighted by Crippen LogP contribution is 2.40. The van der Waals surface area contributed by atoms with E-state index in [0.717, 1.165) is 5.69 Å². The van der Waals surface area contributed by atoms with Crippen molar-refractivity contribution in [3.63, 3.8) is 0 Å². The Bertz CT molecular complexity index is 1370. The molecule has 2 amide bonds. The number of aromatic nitrogens is 2. The Morgan fingerprint density at radius 3 is 2.97 bits per heavy atom. The van der Waals surface area contributed by atoms with Crippen molar-refractivity contribution in [2.45, 2.75) is 19.4 Å². The number of fused-ring (bicyclic) bond motifs is 1. The number of carbonyl (C=O) groups is 2. The molecule has 8 nitrogen and oxygen atoms in total. The van der Waals surface area contributed by atoms with Crippen LogP contribution in [0.2, 0.25) is 0 Å². The molecule has 1 atom stereocenters. The predicted molar refractivity (Wildman–Crippen MR) is 131 cm³/mol. The van der Waals surface area contributed by atoms with Gasteiger partial charge in [0.25, 0.3) is 5.91 Å². The fourth-order valence-electron chi connectivity index (χ4n) is 3.86. The van der Waals surface area contributed by atoms with Crippen LogP contribution < -0.4 is 20.7 Å². The minimum atomic E-state index is -0.529. The molecule has 2 aromatic heterocycles. The molecular formula is C26H24FN5O3. The zero-order valence-electron chi connectivity index (χ0n) is 19.3. The van der Waals surface area contributed by atoms with Gasteiger partial charge in [0, 0.05) is 36.6 Å². The molecule has 9 heteroatoms. The van der Waals surface area contributed by atoms with Crippen molar-refractivity contribution < 1.29 is 18.7 Å². The van der Waals surface area contributed by atoms with Crippen LogP contribution >= 0.6 is 0 Å². The minimum absolute atomic E-state index is 0.0335. The van der Waals surface area contributed by atoms with Gasteiger partial charge >= 0.3 is 0 Å². The molecule has 0 radical (unpaired) electrons. The topological polar surface area (TPSA) is 108 Å². The van der Waals surface area contributed by atoms with Crippen molar-refractivity contribution >= 4 is 23.2 Å². The van der Waals surface area contributed by atoms with Crippen molar-refractivity contribution in [1.82, 2.24) is 20.6 Å². The molecule has 4 N–H and O–H groups in total. The maximum absolute atomic E-state index is 14.4. The summed E-state index contributed by atoms with van der Waals surface area (Å²) in [4.78, 5) is 31.9. The van der Waals surface area contributed by atoms with Gasteiger partial charge in [0.15, 0.2) is 11.6 Å². The van der Waals surface area contributed by atoms with Crippen LogP contribution in [-0.4, -0.2) is 41.5 Å². The Labute approximate surface area is 202 Å². The van der Waals surface area contributed by atoms with Crippen LogP contribution in [0.5, 0.6) is 5.75 Å². The van der Waals surface area contributed by atoms with E-state index in [1.54, 1.807) is 37.5 Å². The molecule has 0 saturated carbocycles. The molecule has 0 bridgehead atoms. The Morgan fingerprint density at radius 1 is 1.37 bits per heavy atom. The van der Waals surface area contributed by atoms with Gasteiger partial charge in [-0.15, -0.1) is 0 Å². The lowest BCUT2D eigenvalue weighted by Crippen LogP contribution is -2.31. The fraction of sp³-hybridized carbons (Fsp3) is 0.192. The van der Waals surface area contributed by atoms with E-state index >= 15 is 0 Å². The Morgan fingerprint density at radius 2 is 2.20 bits per heavy atom. The first-order chi connectivity index (χ1) is 16.9. The van der Waals surface area contributed by atoms with Gasteiger partial charge in [0.2, 0.25) is 5.91 Å². The van der Waals surface area contributed by atoms with E-state index in [-0.39, 0.29) is 17.6 Å². The fourth-order valence-corrected chi connectivity index (χ4v) is 3.86. The van der Waals surface area contributed by atoms with Crippen LogP contribution in [0.15, 0.2) is 49.3 Å². The summed E-state index contributed by atoms with van der Waals surface area (Å²) in [6, 6.07) is 5.88. The number of aromatic amines is 1. The van der Waals surface area contributed by atoms with Crippen LogP contribution in [0, 0.1) is 17.7 Å². The summed E-state index contributed by atoms with van der Waals surface area (Å²) in [6.45, 7) is 5.69. The lowest BCUT2D eigenvalue weighted by molar-refractivity contribution is -0.116. The average molecular weight is 474 g/mol. The maximum atomic E-state index is 14.4. The number of H-pyrrole nitrogens is 1. The first-order valence-electron chi connectivity index (χ1n) is 10.9. The van der Waals surface area contributed by atoms with Gasteiger partial charge in [0.1, 0.15) is 0 Å². The molecule has 1 aromatic carbocycles. The van der Waals surface area contributed by atoms with Gasteiger partial charge in [-0.3, -0.25) is 14.6 Å². The number of hydrogen-bond acceptors (Lipinski definition) is 5. The molecular weight excluding hydrogens is 449 g/mol. The molecule has 3 heterocycles. The number of carbonyl (C=O) groups excluding carboxylic acids is 2. The van der Waals surface area contributed by atoms with Gasteiger partial charge < -0.3 is 25.7 Å². The number of hydrogen-bond donors (Lipinski definition) is 4. The molecule has 0 unspecified atom stereocenters. The number of ether oxygens (including phenoxy) is 1. The SMILES string of the molecule is C=CC(=O)N[C@@H](C)C#Cc1cnccc1-c1[nH]c2c(c1Nc1cccc(F)c1OC)C(=O)NCC2. The minimum Gasteiger partial charge on any atom is -0.492 e. The number of halogens is 1. The second kappa shape index (κ2) is 10.1. The van der Waals surface area contributed by atoms with Gasteiger partial charge in [0.05, 0.1) is 41.3 Å². The second-order valence-electron chi connectivity index (χ2n) is 7.81. The maximum Gasteiger partial charge on any atom is 0.255 e. The molecule has 3 aromatic rings. The summed E-state index contributed by atoms with van der Waals surface area (Å²) in [5.41, 5.74) is 3.92. The highest BCUT2D eigenvalue weighted by Gasteiger charge is 2.28. The Kier molecular flexibility index (Phi) is 6.83. The molecule has 0 fully saturated rings. The molecule has 4 rings (SSSR count). The lowest BCUT2D eigenvalue weighted by Gasteiger charge is -2.17. The van der Waals surface area contributed by atoms with E-state index in [1.165, 1.54) is 19.3 Å². The molecule has 35 heavy (non-hydrogen) atoms. The number of pyridine rings is 1. The van der Waals surface area contributed by atoms with Crippen molar-refractivity contribution in [2.24, 2.45) is 0 Å². The van der Waals surface area contributed by atoms with Crippen molar-refractivity contribution in [1.29, 1.82) is 0 Å². The van der Waals surface area contributed by atoms with E-state index in [1.807, 2.05) is 0 Å². The number of benzene rings is 1.